The van der Waals surface area contributed by atoms with E-state index in [2.05, 4.69) is 12.2 Å². The molecule has 4 heteroatoms. The number of hydrogen-bond acceptors (Lipinski definition) is 2. The molecule has 114 valence electrons. The zero-order chi connectivity index (χ0) is 14.8. The Balaban J connectivity index is 1.51. The van der Waals surface area contributed by atoms with Crippen LogP contribution in [0, 0.1) is 17.7 Å². The lowest BCUT2D eigenvalue weighted by Gasteiger charge is -2.37. The summed E-state index contributed by atoms with van der Waals surface area (Å²) in [6.45, 7) is 4.38. The van der Waals surface area contributed by atoms with Gasteiger partial charge in [0.1, 0.15) is 5.82 Å². The molecule has 1 aliphatic heterocycles. The number of halogens is 1. The first-order valence-corrected chi connectivity index (χ1v) is 7.90. The third-order valence-electron chi connectivity index (χ3n) is 4.66. The van der Waals surface area contributed by atoms with Gasteiger partial charge in [0.15, 0.2) is 0 Å². The molecule has 0 spiro atoms. The Bertz CT molecular complexity index is 515. The van der Waals surface area contributed by atoms with E-state index in [1.807, 2.05) is 17.0 Å². The van der Waals surface area contributed by atoms with Crippen LogP contribution in [0.25, 0.3) is 0 Å². The van der Waals surface area contributed by atoms with Gasteiger partial charge in [0.05, 0.1) is 0 Å². The fourth-order valence-electron chi connectivity index (χ4n) is 3.12. The molecular formula is C17H23FN2O. The number of hydrogen-bond donors (Lipinski definition) is 1. The largest absolute Gasteiger partial charge is 0.342 e. The van der Waals surface area contributed by atoms with E-state index in [1.54, 1.807) is 6.07 Å². The molecule has 2 unspecified atom stereocenters. The second-order valence-corrected chi connectivity index (χ2v) is 6.40. The van der Waals surface area contributed by atoms with Crippen LogP contribution in [-0.2, 0) is 11.3 Å². The number of carbonyl (C=O) groups excluding carboxylic acids is 1. The van der Waals surface area contributed by atoms with Gasteiger partial charge >= 0.3 is 0 Å². The van der Waals surface area contributed by atoms with Crippen LogP contribution in [0.2, 0.25) is 0 Å². The Kier molecular flexibility index (Phi) is 4.24. The van der Waals surface area contributed by atoms with Gasteiger partial charge < -0.3 is 10.2 Å². The normalized spacial score (nSPS) is 25.9. The number of rotatable bonds is 4. The Morgan fingerprint density at radius 2 is 2.10 bits per heavy atom. The highest BCUT2D eigenvalue weighted by molar-refractivity contribution is 5.81. The minimum absolute atomic E-state index is 0.154. The van der Waals surface area contributed by atoms with Gasteiger partial charge in [-0.25, -0.2) is 4.39 Å². The van der Waals surface area contributed by atoms with Crippen LogP contribution in [-0.4, -0.2) is 29.9 Å². The highest BCUT2D eigenvalue weighted by Gasteiger charge is 2.36. The fraction of sp³-hybridized carbons (Fsp3) is 0.588. The van der Waals surface area contributed by atoms with Gasteiger partial charge in [-0.3, -0.25) is 4.79 Å². The summed E-state index contributed by atoms with van der Waals surface area (Å²) in [6.07, 6.45) is 3.09. The molecule has 1 N–H and O–H groups in total. The van der Waals surface area contributed by atoms with Gasteiger partial charge in [0.25, 0.3) is 0 Å². The van der Waals surface area contributed by atoms with Crippen molar-refractivity contribution in [3.8, 4) is 0 Å². The van der Waals surface area contributed by atoms with Crippen molar-refractivity contribution in [3.05, 3.63) is 35.6 Å². The first-order chi connectivity index (χ1) is 10.1. The highest BCUT2D eigenvalue weighted by atomic mass is 19.1. The number of piperidine rings is 1. The number of nitrogens with one attached hydrogen (secondary N) is 1. The second-order valence-electron chi connectivity index (χ2n) is 6.40. The minimum Gasteiger partial charge on any atom is -0.342 e. The Morgan fingerprint density at radius 3 is 2.76 bits per heavy atom. The van der Waals surface area contributed by atoms with Crippen LogP contribution >= 0.6 is 0 Å². The minimum atomic E-state index is -0.154. The molecule has 1 amide bonds. The van der Waals surface area contributed by atoms with E-state index in [-0.39, 0.29) is 5.82 Å². The standard InChI is InChI=1S/C17H23FN2O/c1-12-11-20(17(21)13-6-7-13)9-8-16(12)19-10-14-4-2-3-5-15(14)18/h2-5,12-13,16,19H,6-11H2,1H3. The molecule has 21 heavy (non-hydrogen) atoms. The molecule has 3 rings (SSSR count). The van der Waals surface area contributed by atoms with Crippen LogP contribution in [0.1, 0.15) is 31.7 Å². The van der Waals surface area contributed by atoms with E-state index in [0.717, 1.165) is 32.4 Å². The lowest BCUT2D eigenvalue weighted by Crippen LogP contribution is -2.50. The average molecular weight is 290 g/mol. The molecule has 1 saturated heterocycles. The maximum absolute atomic E-state index is 13.6. The van der Waals surface area contributed by atoms with E-state index in [1.165, 1.54) is 6.07 Å². The summed E-state index contributed by atoms with van der Waals surface area (Å²) in [4.78, 5) is 14.1. The van der Waals surface area contributed by atoms with E-state index >= 15 is 0 Å². The van der Waals surface area contributed by atoms with Crippen molar-refractivity contribution in [2.45, 2.75) is 38.8 Å². The molecule has 1 saturated carbocycles. The summed E-state index contributed by atoms with van der Waals surface area (Å²) in [5.74, 6) is 0.904. The zero-order valence-corrected chi connectivity index (χ0v) is 12.5. The molecule has 1 heterocycles. The Hall–Kier alpha value is -1.42. The number of benzene rings is 1. The molecule has 2 atom stereocenters. The van der Waals surface area contributed by atoms with Crippen LogP contribution in [0.4, 0.5) is 4.39 Å². The molecular weight excluding hydrogens is 267 g/mol. The van der Waals surface area contributed by atoms with Gasteiger partial charge in [-0.05, 0) is 31.2 Å². The molecule has 0 bridgehead atoms. The summed E-state index contributed by atoms with van der Waals surface area (Å²) in [5.41, 5.74) is 0.709. The van der Waals surface area contributed by atoms with Crippen molar-refractivity contribution in [1.29, 1.82) is 0 Å². The number of amides is 1. The number of carbonyl (C=O) groups is 1. The molecule has 1 aromatic rings. The van der Waals surface area contributed by atoms with Gasteiger partial charge in [-0.15, -0.1) is 0 Å². The van der Waals surface area contributed by atoms with Gasteiger partial charge in [0.2, 0.25) is 5.91 Å². The molecule has 1 aromatic carbocycles. The van der Waals surface area contributed by atoms with Crippen LogP contribution in [0.5, 0.6) is 0 Å². The fourth-order valence-corrected chi connectivity index (χ4v) is 3.12. The summed E-state index contributed by atoms with van der Waals surface area (Å²) in [6, 6.07) is 7.24. The third-order valence-corrected chi connectivity index (χ3v) is 4.66. The molecule has 2 aliphatic rings. The quantitative estimate of drug-likeness (QED) is 0.924. The lowest BCUT2D eigenvalue weighted by atomic mass is 9.93. The van der Waals surface area contributed by atoms with Crippen molar-refractivity contribution < 1.29 is 9.18 Å². The van der Waals surface area contributed by atoms with E-state index in [9.17, 15) is 9.18 Å². The van der Waals surface area contributed by atoms with Crippen LogP contribution in [0.15, 0.2) is 24.3 Å². The molecule has 1 aliphatic carbocycles. The number of likely N-dealkylation sites (tertiary alicyclic amines) is 1. The summed E-state index contributed by atoms with van der Waals surface area (Å²) in [7, 11) is 0. The SMILES string of the molecule is CC1CN(C(=O)C2CC2)CCC1NCc1ccccc1F. The zero-order valence-electron chi connectivity index (χ0n) is 12.5. The maximum atomic E-state index is 13.6. The monoisotopic (exact) mass is 290 g/mol. The van der Waals surface area contributed by atoms with Gasteiger partial charge in [-0.1, -0.05) is 25.1 Å². The first-order valence-electron chi connectivity index (χ1n) is 7.90. The van der Waals surface area contributed by atoms with Crippen molar-refractivity contribution >= 4 is 5.91 Å². The number of nitrogens with zero attached hydrogens (tertiary/aromatic N) is 1. The molecule has 3 nitrogen and oxygen atoms in total. The third kappa shape index (κ3) is 3.43. The average Bonchev–Trinajstić information content (AvgIpc) is 3.31. The van der Waals surface area contributed by atoms with E-state index in [4.69, 9.17) is 0 Å². The highest BCUT2D eigenvalue weighted by Crippen LogP contribution is 2.32. The van der Waals surface area contributed by atoms with Gasteiger partial charge in [0, 0.05) is 37.2 Å². The molecule has 0 aromatic heterocycles. The summed E-state index contributed by atoms with van der Waals surface area (Å²) >= 11 is 0. The summed E-state index contributed by atoms with van der Waals surface area (Å²) < 4.78 is 13.6. The van der Waals surface area contributed by atoms with Crippen LogP contribution in [0.3, 0.4) is 0 Å². The predicted octanol–water partition coefficient (Wildman–Crippen LogP) is 2.56. The van der Waals surface area contributed by atoms with Crippen molar-refractivity contribution in [2.24, 2.45) is 11.8 Å². The van der Waals surface area contributed by atoms with E-state index < -0.39 is 0 Å². The van der Waals surface area contributed by atoms with Crippen LogP contribution < -0.4 is 5.32 Å². The van der Waals surface area contributed by atoms with Crippen molar-refractivity contribution in [1.82, 2.24) is 10.2 Å². The van der Waals surface area contributed by atoms with Crippen molar-refractivity contribution in [2.75, 3.05) is 13.1 Å². The van der Waals surface area contributed by atoms with Crippen molar-refractivity contribution in [3.63, 3.8) is 0 Å². The topological polar surface area (TPSA) is 32.3 Å². The lowest BCUT2D eigenvalue weighted by molar-refractivity contribution is -0.134. The van der Waals surface area contributed by atoms with E-state index in [0.29, 0.717) is 35.9 Å². The maximum Gasteiger partial charge on any atom is 0.225 e. The smallest absolute Gasteiger partial charge is 0.225 e. The predicted molar refractivity (Wildman–Crippen MR) is 80.1 cm³/mol. The Morgan fingerprint density at radius 1 is 1.33 bits per heavy atom. The molecule has 0 radical (unpaired) electrons. The van der Waals surface area contributed by atoms with Gasteiger partial charge in [-0.2, -0.15) is 0 Å². The molecule has 2 fully saturated rings. The first kappa shape index (κ1) is 14.5. The second kappa shape index (κ2) is 6.14. The Labute approximate surface area is 125 Å². The summed E-state index contributed by atoms with van der Waals surface area (Å²) in [5, 5.41) is 3.45.